The maximum absolute atomic E-state index is 5.60. The van der Waals surface area contributed by atoms with Crippen molar-refractivity contribution in [3.8, 4) is 11.5 Å². The van der Waals surface area contributed by atoms with E-state index in [9.17, 15) is 0 Å². The van der Waals surface area contributed by atoms with Gasteiger partial charge in [0.15, 0.2) is 4.34 Å². The maximum atomic E-state index is 5.60. The first-order chi connectivity index (χ1) is 13.3. The Morgan fingerprint density at radius 1 is 1.04 bits per heavy atom. The number of nitrogens with one attached hydrogen (secondary N) is 1. The third kappa shape index (κ3) is 4.75. The van der Waals surface area contributed by atoms with Gasteiger partial charge in [-0.15, -0.1) is 10.2 Å². The zero-order valence-electron chi connectivity index (χ0n) is 14.8. The minimum Gasteiger partial charge on any atom is -0.444 e. The molecule has 0 radical (unpaired) electrons. The van der Waals surface area contributed by atoms with Gasteiger partial charge in [0.05, 0.1) is 5.69 Å². The number of anilines is 1. The average molecular weight is 395 g/mol. The van der Waals surface area contributed by atoms with E-state index in [0.717, 1.165) is 27.3 Å². The molecule has 0 unspecified atom stereocenters. The minimum absolute atomic E-state index is 0.646. The summed E-state index contributed by atoms with van der Waals surface area (Å²) in [7, 11) is 0. The summed E-state index contributed by atoms with van der Waals surface area (Å²) < 4.78 is 6.51. The molecule has 136 valence electrons. The van der Waals surface area contributed by atoms with Crippen molar-refractivity contribution in [2.45, 2.75) is 23.6 Å². The average Bonchev–Trinajstić information content (AvgIpc) is 3.36. The fourth-order valence-corrected chi connectivity index (χ4v) is 4.08. The number of aryl methyl sites for hydroxylation is 1. The summed E-state index contributed by atoms with van der Waals surface area (Å²) in [5.74, 6) is 1.34. The molecule has 7 heteroatoms. The van der Waals surface area contributed by atoms with Gasteiger partial charge in [0.2, 0.25) is 11.0 Å². The van der Waals surface area contributed by atoms with Gasteiger partial charge in [-0.1, -0.05) is 71.1 Å². The second kappa shape index (κ2) is 8.37. The molecule has 4 aromatic rings. The van der Waals surface area contributed by atoms with E-state index >= 15 is 0 Å². The first-order valence-corrected chi connectivity index (χ1v) is 10.3. The van der Waals surface area contributed by atoms with E-state index < -0.39 is 0 Å². The highest BCUT2D eigenvalue weighted by molar-refractivity contribution is 8.00. The number of nitrogens with zero attached hydrogens (tertiary/aromatic N) is 3. The van der Waals surface area contributed by atoms with Crippen molar-refractivity contribution in [1.82, 2.24) is 15.2 Å². The second-order valence-electron chi connectivity index (χ2n) is 6.01. The quantitative estimate of drug-likeness (QED) is 0.423. The van der Waals surface area contributed by atoms with Crippen molar-refractivity contribution in [3.05, 3.63) is 77.7 Å². The number of aromatic nitrogens is 3. The van der Waals surface area contributed by atoms with Crippen molar-refractivity contribution >= 4 is 28.2 Å². The van der Waals surface area contributed by atoms with Gasteiger partial charge in [0, 0.05) is 17.9 Å². The highest BCUT2D eigenvalue weighted by atomic mass is 32.2. The van der Waals surface area contributed by atoms with Crippen LogP contribution in [0.25, 0.3) is 11.5 Å². The van der Waals surface area contributed by atoms with Gasteiger partial charge < -0.3 is 9.73 Å². The third-order valence-electron chi connectivity index (χ3n) is 3.89. The predicted molar refractivity (Wildman–Crippen MR) is 110 cm³/mol. The maximum Gasteiger partial charge on any atom is 0.226 e. The fraction of sp³-hybridized carbons (Fsp3) is 0.150. The van der Waals surface area contributed by atoms with Crippen LogP contribution in [0.5, 0.6) is 0 Å². The number of benzene rings is 2. The normalized spacial score (nSPS) is 10.9. The Morgan fingerprint density at radius 2 is 1.85 bits per heavy atom. The van der Waals surface area contributed by atoms with Gasteiger partial charge in [0.1, 0.15) is 6.26 Å². The van der Waals surface area contributed by atoms with E-state index in [1.807, 2.05) is 30.3 Å². The predicted octanol–water partition coefficient (Wildman–Crippen LogP) is 5.41. The molecule has 0 bridgehead atoms. The first kappa shape index (κ1) is 17.8. The summed E-state index contributed by atoms with van der Waals surface area (Å²) in [5, 5.41) is 12.6. The van der Waals surface area contributed by atoms with Crippen LogP contribution in [-0.4, -0.2) is 15.2 Å². The number of hydrogen-bond donors (Lipinski definition) is 1. The molecule has 0 saturated heterocycles. The number of oxazole rings is 1. The molecule has 0 amide bonds. The molecule has 0 aliphatic rings. The van der Waals surface area contributed by atoms with Crippen LogP contribution in [0.4, 0.5) is 5.13 Å². The molecule has 2 aromatic carbocycles. The standard InChI is InChI=1S/C20H18N4OS2/c1-14-7-9-16(10-8-14)18-22-17(12-25-18)13-26-20-24-23-19(27-20)21-11-15-5-3-2-4-6-15/h2-10,12H,11,13H2,1H3,(H,21,23). The Hall–Kier alpha value is -2.64. The van der Waals surface area contributed by atoms with Gasteiger partial charge in [-0.25, -0.2) is 4.98 Å². The molecule has 1 N–H and O–H groups in total. The molecule has 5 nitrogen and oxygen atoms in total. The molecule has 0 saturated carbocycles. The van der Waals surface area contributed by atoms with Gasteiger partial charge in [-0.05, 0) is 24.6 Å². The fourth-order valence-electron chi connectivity index (χ4n) is 2.45. The Morgan fingerprint density at radius 3 is 2.67 bits per heavy atom. The van der Waals surface area contributed by atoms with E-state index in [0.29, 0.717) is 11.6 Å². The van der Waals surface area contributed by atoms with Crippen molar-refractivity contribution < 1.29 is 4.42 Å². The molecule has 4 rings (SSSR count). The van der Waals surface area contributed by atoms with E-state index in [1.165, 1.54) is 11.1 Å². The van der Waals surface area contributed by atoms with Gasteiger partial charge in [0.25, 0.3) is 0 Å². The zero-order valence-corrected chi connectivity index (χ0v) is 16.4. The van der Waals surface area contributed by atoms with Crippen molar-refractivity contribution in [3.63, 3.8) is 0 Å². The van der Waals surface area contributed by atoms with Gasteiger partial charge >= 0.3 is 0 Å². The van der Waals surface area contributed by atoms with E-state index in [1.54, 1.807) is 29.4 Å². The highest BCUT2D eigenvalue weighted by Gasteiger charge is 2.09. The summed E-state index contributed by atoms with van der Waals surface area (Å²) in [6.45, 7) is 2.80. The molecule has 0 aliphatic carbocycles. The molecule has 0 atom stereocenters. The monoisotopic (exact) mass is 394 g/mol. The van der Waals surface area contributed by atoms with Gasteiger partial charge in [-0.2, -0.15) is 0 Å². The zero-order chi connectivity index (χ0) is 18.5. The van der Waals surface area contributed by atoms with Crippen LogP contribution < -0.4 is 5.32 Å². The van der Waals surface area contributed by atoms with Crippen LogP contribution in [0.15, 0.2) is 69.6 Å². The van der Waals surface area contributed by atoms with E-state index in [2.05, 4.69) is 51.7 Å². The summed E-state index contributed by atoms with van der Waals surface area (Å²) in [4.78, 5) is 4.56. The summed E-state index contributed by atoms with van der Waals surface area (Å²) >= 11 is 3.16. The van der Waals surface area contributed by atoms with Crippen molar-refractivity contribution in [1.29, 1.82) is 0 Å². The van der Waals surface area contributed by atoms with Crippen LogP contribution in [0.1, 0.15) is 16.8 Å². The lowest BCUT2D eigenvalue weighted by Crippen LogP contribution is -1.98. The summed E-state index contributed by atoms with van der Waals surface area (Å²) in [6.07, 6.45) is 1.71. The number of hydrogen-bond acceptors (Lipinski definition) is 7. The topological polar surface area (TPSA) is 63.8 Å². The first-order valence-electron chi connectivity index (χ1n) is 8.52. The summed E-state index contributed by atoms with van der Waals surface area (Å²) in [5.41, 5.74) is 4.31. The lowest BCUT2D eigenvalue weighted by atomic mass is 10.1. The molecule has 0 aliphatic heterocycles. The Bertz CT molecular complexity index is 996. The summed E-state index contributed by atoms with van der Waals surface area (Å²) in [6, 6.07) is 18.4. The van der Waals surface area contributed by atoms with E-state index in [-0.39, 0.29) is 0 Å². The van der Waals surface area contributed by atoms with E-state index in [4.69, 9.17) is 4.42 Å². The molecule has 2 aromatic heterocycles. The Labute approximate surface area is 165 Å². The number of rotatable bonds is 7. The third-order valence-corrected chi connectivity index (χ3v) is 5.93. The lowest BCUT2D eigenvalue weighted by Gasteiger charge is -2.00. The van der Waals surface area contributed by atoms with Gasteiger partial charge in [-0.3, -0.25) is 0 Å². The van der Waals surface area contributed by atoms with Crippen molar-refractivity contribution in [2.24, 2.45) is 0 Å². The second-order valence-corrected chi connectivity index (χ2v) is 8.21. The van der Waals surface area contributed by atoms with Crippen LogP contribution >= 0.6 is 23.1 Å². The minimum atomic E-state index is 0.646. The van der Waals surface area contributed by atoms with Crippen LogP contribution in [0.3, 0.4) is 0 Å². The lowest BCUT2D eigenvalue weighted by molar-refractivity contribution is 0.573. The highest BCUT2D eigenvalue weighted by Crippen LogP contribution is 2.29. The Balaban J connectivity index is 1.32. The Kier molecular flexibility index (Phi) is 5.50. The molecule has 0 spiro atoms. The SMILES string of the molecule is Cc1ccc(-c2nc(CSc3nnc(NCc4ccccc4)s3)co2)cc1. The number of thioether (sulfide) groups is 1. The molecule has 0 fully saturated rings. The molecule has 27 heavy (non-hydrogen) atoms. The van der Waals surface area contributed by atoms with Crippen LogP contribution in [0, 0.1) is 6.92 Å². The molecular weight excluding hydrogens is 376 g/mol. The van der Waals surface area contributed by atoms with Crippen molar-refractivity contribution in [2.75, 3.05) is 5.32 Å². The van der Waals surface area contributed by atoms with Crippen LogP contribution in [-0.2, 0) is 12.3 Å². The smallest absolute Gasteiger partial charge is 0.226 e. The largest absolute Gasteiger partial charge is 0.444 e. The molecule has 2 heterocycles. The van der Waals surface area contributed by atoms with Crippen LogP contribution in [0.2, 0.25) is 0 Å². The molecular formula is C20H18N4OS2.